The van der Waals surface area contributed by atoms with Crippen LogP contribution in [0.25, 0.3) is 0 Å². The van der Waals surface area contributed by atoms with E-state index in [0.29, 0.717) is 6.07 Å². The predicted molar refractivity (Wildman–Crippen MR) is 70.7 cm³/mol. The quantitative estimate of drug-likeness (QED) is 0.372. The topological polar surface area (TPSA) is 185 Å². The van der Waals surface area contributed by atoms with E-state index >= 15 is 0 Å². The Hall–Kier alpha value is -2.35. The van der Waals surface area contributed by atoms with Gasteiger partial charge in [0.2, 0.25) is 0 Å². The lowest BCUT2D eigenvalue weighted by atomic mass is 10.2. The van der Waals surface area contributed by atoms with Crippen LogP contribution in [0.2, 0.25) is 0 Å². The lowest BCUT2D eigenvalue weighted by molar-refractivity contribution is -0.394. The molecule has 0 saturated carbocycles. The van der Waals surface area contributed by atoms with E-state index in [1.807, 2.05) is 0 Å². The Labute approximate surface area is 123 Å². The number of nitro groups is 2. The summed E-state index contributed by atoms with van der Waals surface area (Å²) in [5.74, 6) is -0.340. The number of non-ortho nitro benzene ring substituents is 1. The number of hydrogen-bond acceptors (Lipinski definition) is 9. The van der Waals surface area contributed by atoms with Gasteiger partial charge in [0.05, 0.1) is 15.9 Å². The number of rotatable bonds is 8. The molecular weight excluding hydrogens is 326 g/mol. The second-order valence-electron chi connectivity index (χ2n) is 3.86. The number of ether oxygens (including phenoxy) is 1. The van der Waals surface area contributed by atoms with Crippen molar-refractivity contribution in [3.8, 4) is 5.75 Å². The maximum Gasteiger partial charge on any atom is 0.397 e. The number of nitrogens with two attached hydrogens (primary N) is 1. The molecule has 122 valence electrons. The fraction of sp³-hybridized carbons (Fsp3) is 0.333. The van der Waals surface area contributed by atoms with Gasteiger partial charge in [0.1, 0.15) is 12.7 Å². The molecule has 12 nitrogen and oxygen atoms in total. The molecule has 0 radical (unpaired) electrons. The standard InChI is InChI=1S/C9H11N3O9S/c10-4-7(21-22(17,18)19)5-20-9-2-1-6(11(13)14)3-8(9)12(15)16/h1-3,7H,4-5,10H2,(H,17,18,19). The molecular formula is C9H11N3O9S. The highest BCUT2D eigenvalue weighted by atomic mass is 32.3. The third-order valence-corrected chi connectivity index (χ3v) is 2.81. The van der Waals surface area contributed by atoms with E-state index in [1.54, 1.807) is 0 Å². The molecule has 22 heavy (non-hydrogen) atoms. The molecule has 3 N–H and O–H groups in total. The van der Waals surface area contributed by atoms with Gasteiger partial charge in [-0.3, -0.25) is 24.8 Å². The minimum absolute atomic E-state index is 0.340. The molecule has 0 aliphatic heterocycles. The first kappa shape index (κ1) is 17.7. The van der Waals surface area contributed by atoms with Gasteiger partial charge in [-0.1, -0.05) is 0 Å². The van der Waals surface area contributed by atoms with Crippen LogP contribution in [-0.2, 0) is 14.6 Å². The zero-order valence-corrected chi connectivity index (χ0v) is 11.6. The molecule has 1 rings (SSSR count). The molecule has 0 amide bonds. The maximum absolute atomic E-state index is 10.9. The molecule has 0 heterocycles. The fourth-order valence-electron chi connectivity index (χ4n) is 1.37. The monoisotopic (exact) mass is 337 g/mol. The van der Waals surface area contributed by atoms with Crippen LogP contribution >= 0.6 is 0 Å². The van der Waals surface area contributed by atoms with Crippen LogP contribution in [0.5, 0.6) is 5.75 Å². The van der Waals surface area contributed by atoms with Crippen molar-refractivity contribution < 1.29 is 31.7 Å². The summed E-state index contributed by atoms with van der Waals surface area (Å²) >= 11 is 0. The highest BCUT2D eigenvalue weighted by molar-refractivity contribution is 7.80. The number of benzene rings is 1. The molecule has 1 aromatic carbocycles. The average molecular weight is 337 g/mol. The summed E-state index contributed by atoms with van der Waals surface area (Å²) in [6.45, 7) is -0.893. The van der Waals surface area contributed by atoms with Crippen LogP contribution in [0.4, 0.5) is 11.4 Å². The Balaban J connectivity index is 2.93. The largest absolute Gasteiger partial charge is 0.484 e. The predicted octanol–water partition coefficient (Wildman–Crippen LogP) is 0.0285. The van der Waals surface area contributed by atoms with Crippen LogP contribution in [0.15, 0.2) is 18.2 Å². The van der Waals surface area contributed by atoms with Gasteiger partial charge in [-0.2, -0.15) is 8.42 Å². The molecule has 0 aromatic heterocycles. The van der Waals surface area contributed by atoms with Gasteiger partial charge in [0.15, 0.2) is 5.75 Å². The highest BCUT2D eigenvalue weighted by Gasteiger charge is 2.23. The van der Waals surface area contributed by atoms with Crippen LogP contribution in [0.1, 0.15) is 0 Å². The van der Waals surface area contributed by atoms with Crippen molar-refractivity contribution in [2.24, 2.45) is 5.73 Å². The third kappa shape index (κ3) is 5.21. The van der Waals surface area contributed by atoms with Gasteiger partial charge in [-0.05, 0) is 6.07 Å². The van der Waals surface area contributed by atoms with Crippen LogP contribution in [0.3, 0.4) is 0 Å². The molecule has 13 heteroatoms. The first-order chi connectivity index (χ1) is 10.1. The highest BCUT2D eigenvalue weighted by Crippen LogP contribution is 2.31. The lowest BCUT2D eigenvalue weighted by Crippen LogP contribution is -2.32. The summed E-state index contributed by atoms with van der Waals surface area (Å²) < 4.78 is 38.8. The van der Waals surface area contributed by atoms with E-state index < -0.39 is 44.3 Å². The zero-order chi connectivity index (χ0) is 16.9. The molecule has 1 unspecified atom stereocenters. The van der Waals surface area contributed by atoms with Crippen molar-refractivity contribution in [2.75, 3.05) is 13.2 Å². The fourth-order valence-corrected chi connectivity index (χ4v) is 1.85. The first-order valence-corrected chi connectivity index (χ1v) is 6.92. The van der Waals surface area contributed by atoms with Crippen molar-refractivity contribution in [2.45, 2.75) is 6.10 Å². The Morgan fingerprint density at radius 1 is 1.27 bits per heavy atom. The molecule has 0 spiro atoms. The molecule has 0 fully saturated rings. The number of nitro benzene ring substituents is 2. The molecule has 1 aromatic rings. The normalized spacial score (nSPS) is 12.6. The summed E-state index contributed by atoms with van der Waals surface area (Å²) in [6.07, 6.45) is -1.29. The van der Waals surface area contributed by atoms with Gasteiger partial charge < -0.3 is 10.5 Å². The molecule has 0 aliphatic carbocycles. The molecule has 0 saturated heterocycles. The van der Waals surface area contributed by atoms with Gasteiger partial charge >= 0.3 is 16.1 Å². The van der Waals surface area contributed by atoms with Gasteiger partial charge in [-0.15, -0.1) is 0 Å². The SMILES string of the molecule is NCC(COc1ccc([N+](=O)[O-])cc1[N+](=O)[O-])OS(=O)(=O)O. The van der Waals surface area contributed by atoms with E-state index in [0.717, 1.165) is 12.1 Å². The smallest absolute Gasteiger partial charge is 0.397 e. The minimum Gasteiger partial charge on any atom is -0.484 e. The van der Waals surface area contributed by atoms with Crippen molar-refractivity contribution in [3.05, 3.63) is 38.4 Å². The Morgan fingerprint density at radius 3 is 2.36 bits per heavy atom. The lowest BCUT2D eigenvalue weighted by Gasteiger charge is -2.14. The van der Waals surface area contributed by atoms with Crippen molar-refractivity contribution >= 4 is 21.8 Å². The molecule has 1 atom stereocenters. The summed E-state index contributed by atoms with van der Waals surface area (Å²) in [4.78, 5) is 19.7. The van der Waals surface area contributed by atoms with Crippen molar-refractivity contribution in [1.29, 1.82) is 0 Å². The Morgan fingerprint density at radius 2 is 1.91 bits per heavy atom. The Kier molecular flexibility index (Phi) is 5.69. The first-order valence-electron chi connectivity index (χ1n) is 5.55. The zero-order valence-electron chi connectivity index (χ0n) is 10.8. The van der Waals surface area contributed by atoms with E-state index in [-0.39, 0.29) is 12.3 Å². The number of nitrogens with zero attached hydrogens (tertiary/aromatic N) is 2. The number of hydrogen-bond donors (Lipinski definition) is 2. The summed E-state index contributed by atoms with van der Waals surface area (Å²) in [7, 11) is -4.77. The third-order valence-electron chi connectivity index (χ3n) is 2.30. The summed E-state index contributed by atoms with van der Waals surface area (Å²) in [5.41, 5.74) is 4.01. The van der Waals surface area contributed by atoms with Gasteiger partial charge in [0, 0.05) is 12.6 Å². The Bertz CT molecular complexity index is 675. The van der Waals surface area contributed by atoms with Gasteiger partial charge in [0.25, 0.3) is 5.69 Å². The maximum atomic E-state index is 10.9. The minimum atomic E-state index is -4.77. The summed E-state index contributed by atoms with van der Waals surface area (Å²) in [6, 6.07) is 2.65. The van der Waals surface area contributed by atoms with Crippen LogP contribution < -0.4 is 10.5 Å². The van der Waals surface area contributed by atoms with E-state index in [4.69, 9.17) is 15.0 Å². The molecule has 0 bridgehead atoms. The van der Waals surface area contributed by atoms with Crippen LogP contribution in [-0.4, -0.2) is 42.1 Å². The summed E-state index contributed by atoms with van der Waals surface area (Å²) in [5, 5.41) is 21.4. The van der Waals surface area contributed by atoms with E-state index in [1.165, 1.54) is 0 Å². The van der Waals surface area contributed by atoms with E-state index in [2.05, 4.69) is 4.18 Å². The van der Waals surface area contributed by atoms with Crippen molar-refractivity contribution in [1.82, 2.24) is 0 Å². The second-order valence-corrected chi connectivity index (χ2v) is 4.91. The van der Waals surface area contributed by atoms with Gasteiger partial charge in [-0.25, -0.2) is 4.18 Å². The molecule has 0 aliphatic rings. The van der Waals surface area contributed by atoms with E-state index in [9.17, 15) is 28.6 Å². The van der Waals surface area contributed by atoms with Crippen LogP contribution in [0, 0.1) is 20.2 Å². The van der Waals surface area contributed by atoms with Crippen molar-refractivity contribution in [3.63, 3.8) is 0 Å². The second kappa shape index (κ2) is 7.08. The average Bonchev–Trinajstić information content (AvgIpc) is 2.41.